The first-order valence-corrected chi connectivity index (χ1v) is 8.63. The number of nitrogens with two attached hydrogens (primary N) is 1. The van der Waals surface area contributed by atoms with Gasteiger partial charge in [0.2, 0.25) is 0 Å². The topological polar surface area (TPSA) is 23.1 Å². The first-order chi connectivity index (χ1) is 10.3. The van der Waals surface area contributed by atoms with Crippen LogP contribution in [0.1, 0.15) is 32.3 Å². The summed E-state index contributed by atoms with van der Waals surface area (Å²) in [6.07, 6.45) is 2.37. The smallest absolute Gasteiger partial charge is 0.109 e. The van der Waals surface area contributed by atoms with E-state index in [9.17, 15) is 0 Å². The van der Waals surface area contributed by atoms with Crippen LogP contribution in [0, 0.1) is 0 Å². The zero-order chi connectivity index (χ0) is 15.1. The Morgan fingerprint density at radius 1 is 1.10 bits per heavy atom. The number of thiocarbonyl (C=S) groups is 1. The third kappa shape index (κ3) is 4.42. The monoisotopic (exact) mass is 306 g/mol. The highest BCUT2D eigenvalue weighted by Crippen LogP contribution is 2.17. The minimum absolute atomic E-state index is 1.01. The van der Waals surface area contributed by atoms with Crippen molar-refractivity contribution in [3.05, 3.63) is 29.8 Å². The lowest BCUT2D eigenvalue weighted by Crippen LogP contribution is -2.89. The quantitative estimate of drug-likeness (QED) is 0.812. The van der Waals surface area contributed by atoms with E-state index in [0.717, 1.165) is 44.3 Å². The molecule has 0 aliphatic carbocycles. The van der Waals surface area contributed by atoms with E-state index >= 15 is 0 Å². The van der Waals surface area contributed by atoms with Gasteiger partial charge in [-0.05, 0) is 37.1 Å². The van der Waals surface area contributed by atoms with E-state index in [1.807, 2.05) is 0 Å². The summed E-state index contributed by atoms with van der Waals surface area (Å²) in [5, 5.41) is 2.36. The summed E-state index contributed by atoms with van der Waals surface area (Å²) in [4.78, 5) is 5.80. The lowest BCUT2D eigenvalue weighted by molar-refractivity contribution is -0.661. The Morgan fingerprint density at radius 3 is 2.19 bits per heavy atom. The minimum Gasteiger partial charge on any atom is -0.372 e. The molecule has 2 N–H and O–H groups in total. The number of piperazine rings is 1. The summed E-state index contributed by atoms with van der Waals surface area (Å²) in [5.74, 6) is 0. The van der Waals surface area contributed by atoms with Crippen LogP contribution in [-0.2, 0) is 0 Å². The second-order valence-corrected chi connectivity index (χ2v) is 6.08. The molecule has 0 unspecified atom stereocenters. The summed E-state index contributed by atoms with van der Waals surface area (Å²) in [5.41, 5.74) is 2.50. The minimum atomic E-state index is 1.01. The largest absolute Gasteiger partial charge is 0.372 e. The molecular weight excluding hydrogens is 278 g/mol. The van der Waals surface area contributed by atoms with Crippen LogP contribution >= 0.6 is 12.2 Å². The lowest BCUT2D eigenvalue weighted by Gasteiger charge is -2.28. The predicted molar refractivity (Wildman–Crippen MR) is 94.2 cm³/mol. The summed E-state index contributed by atoms with van der Waals surface area (Å²) in [6.45, 7) is 11.2. The molecule has 1 aliphatic rings. The molecule has 0 aromatic heterocycles. The molecular formula is C17H28N3S+. The van der Waals surface area contributed by atoms with E-state index in [4.69, 9.17) is 12.2 Å². The van der Waals surface area contributed by atoms with E-state index in [2.05, 4.69) is 53.2 Å². The summed E-state index contributed by atoms with van der Waals surface area (Å²) >= 11 is 5.65. The van der Waals surface area contributed by atoms with Crippen molar-refractivity contribution < 1.29 is 5.32 Å². The number of benzene rings is 1. The normalized spacial score (nSPS) is 15.0. The predicted octanol–water partition coefficient (Wildman–Crippen LogP) is 1.87. The molecule has 1 saturated heterocycles. The van der Waals surface area contributed by atoms with Crippen LogP contribution in [0.25, 0.3) is 0 Å². The van der Waals surface area contributed by atoms with E-state index < -0.39 is 0 Å². The van der Waals surface area contributed by atoms with E-state index in [1.165, 1.54) is 24.1 Å². The van der Waals surface area contributed by atoms with Crippen LogP contribution < -0.4 is 10.2 Å². The van der Waals surface area contributed by atoms with Gasteiger partial charge in [-0.2, -0.15) is 0 Å². The second kappa shape index (κ2) is 8.35. The fourth-order valence-electron chi connectivity index (χ4n) is 2.86. The molecule has 1 heterocycles. The second-order valence-electron chi connectivity index (χ2n) is 5.69. The van der Waals surface area contributed by atoms with Gasteiger partial charge in [-0.1, -0.05) is 26.1 Å². The Bertz CT molecular complexity index is 432. The van der Waals surface area contributed by atoms with Gasteiger partial charge in [-0.25, -0.2) is 0 Å². The van der Waals surface area contributed by atoms with Gasteiger partial charge in [-0.3, -0.25) is 0 Å². The highest BCUT2D eigenvalue weighted by molar-refractivity contribution is 7.80. The van der Waals surface area contributed by atoms with Gasteiger partial charge < -0.3 is 15.1 Å². The van der Waals surface area contributed by atoms with Crippen molar-refractivity contribution in [2.75, 3.05) is 44.2 Å². The fourth-order valence-corrected chi connectivity index (χ4v) is 3.18. The highest BCUT2D eigenvalue weighted by Gasteiger charge is 2.16. The van der Waals surface area contributed by atoms with Gasteiger partial charge in [0.1, 0.15) is 4.99 Å². The zero-order valence-corrected chi connectivity index (χ0v) is 14.2. The number of quaternary nitrogens is 1. The van der Waals surface area contributed by atoms with Crippen LogP contribution in [0.4, 0.5) is 5.69 Å². The van der Waals surface area contributed by atoms with Gasteiger partial charge in [0.15, 0.2) is 0 Å². The molecule has 0 amide bonds. The van der Waals surface area contributed by atoms with Gasteiger partial charge >= 0.3 is 0 Å². The van der Waals surface area contributed by atoms with Crippen molar-refractivity contribution in [3.8, 4) is 0 Å². The van der Waals surface area contributed by atoms with Gasteiger partial charge in [-0.15, -0.1) is 0 Å². The molecule has 1 aromatic rings. The van der Waals surface area contributed by atoms with Crippen LogP contribution in [-0.4, -0.2) is 49.2 Å². The third-order valence-electron chi connectivity index (χ3n) is 3.96. The van der Waals surface area contributed by atoms with E-state index in [-0.39, 0.29) is 0 Å². The third-order valence-corrected chi connectivity index (χ3v) is 4.45. The lowest BCUT2D eigenvalue weighted by atomic mass is 10.1. The maximum absolute atomic E-state index is 5.65. The number of hydrogen-bond donors (Lipinski definition) is 1. The Balaban J connectivity index is 2.04. The molecule has 0 saturated carbocycles. The Labute approximate surface area is 134 Å². The highest BCUT2D eigenvalue weighted by atomic mass is 32.1. The maximum Gasteiger partial charge on any atom is 0.109 e. The van der Waals surface area contributed by atoms with Gasteiger partial charge in [0, 0.05) is 24.3 Å². The molecule has 1 fully saturated rings. The van der Waals surface area contributed by atoms with Crippen molar-refractivity contribution in [3.63, 3.8) is 0 Å². The average Bonchev–Trinajstić information content (AvgIpc) is 2.55. The van der Waals surface area contributed by atoms with Crippen molar-refractivity contribution in [1.82, 2.24) is 4.90 Å². The molecule has 0 bridgehead atoms. The van der Waals surface area contributed by atoms with Gasteiger partial charge in [0.25, 0.3) is 0 Å². The van der Waals surface area contributed by atoms with E-state index in [1.54, 1.807) is 0 Å². The molecule has 3 nitrogen and oxygen atoms in total. The molecule has 0 spiro atoms. The zero-order valence-electron chi connectivity index (χ0n) is 13.3. The molecule has 4 heteroatoms. The number of anilines is 1. The average molecular weight is 306 g/mol. The van der Waals surface area contributed by atoms with Crippen LogP contribution in [0.15, 0.2) is 24.3 Å². The fraction of sp³-hybridized carbons (Fsp3) is 0.588. The molecule has 1 aromatic carbocycles. The van der Waals surface area contributed by atoms with Crippen LogP contribution in [0.2, 0.25) is 0 Å². The summed E-state index contributed by atoms with van der Waals surface area (Å²) < 4.78 is 0. The van der Waals surface area contributed by atoms with Crippen molar-refractivity contribution in [2.24, 2.45) is 0 Å². The molecule has 2 rings (SSSR count). The Morgan fingerprint density at radius 2 is 1.67 bits per heavy atom. The first-order valence-electron chi connectivity index (χ1n) is 8.22. The molecule has 0 atom stereocenters. The Hall–Kier alpha value is -1.13. The Kier molecular flexibility index (Phi) is 6.46. The van der Waals surface area contributed by atoms with Crippen molar-refractivity contribution >= 4 is 22.9 Å². The molecule has 1 aliphatic heterocycles. The summed E-state index contributed by atoms with van der Waals surface area (Å²) in [6, 6.07) is 8.83. The SMILES string of the molecule is CCCN(CCC)c1ccc(C(=S)N2CC[NH2+]CC2)cc1. The molecule has 0 radical (unpaired) electrons. The molecule has 21 heavy (non-hydrogen) atoms. The first kappa shape index (κ1) is 16.2. The van der Waals surface area contributed by atoms with Crippen LogP contribution in [0.3, 0.4) is 0 Å². The number of nitrogens with zero attached hydrogens (tertiary/aromatic N) is 2. The number of hydrogen-bond acceptors (Lipinski definition) is 2. The standard InChI is InChI=1S/C17H27N3S/c1-3-11-19(12-4-2)16-7-5-15(6-8-16)17(21)20-13-9-18-10-14-20/h5-8,18H,3-4,9-14H2,1-2H3/p+1. The number of rotatable bonds is 6. The molecule has 116 valence electrons. The van der Waals surface area contributed by atoms with Crippen LogP contribution in [0.5, 0.6) is 0 Å². The van der Waals surface area contributed by atoms with Crippen molar-refractivity contribution in [1.29, 1.82) is 0 Å². The van der Waals surface area contributed by atoms with Gasteiger partial charge in [0.05, 0.1) is 26.2 Å². The summed E-state index contributed by atoms with van der Waals surface area (Å²) in [7, 11) is 0. The van der Waals surface area contributed by atoms with E-state index in [0.29, 0.717) is 0 Å². The maximum atomic E-state index is 5.65. The van der Waals surface area contributed by atoms with Crippen molar-refractivity contribution in [2.45, 2.75) is 26.7 Å².